The lowest BCUT2D eigenvalue weighted by Crippen LogP contribution is -2.30. The van der Waals surface area contributed by atoms with Gasteiger partial charge in [-0.3, -0.25) is 4.79 Å². The lowest BCUT2D eigenvalue weighted by molar-refractivity contribution is -0.120. The van der Waals surface area contributed by atoms with Gasteiger partial charge < -0.3 is 10.1 Å². The van der Waals surface area contributed by atoms with Crippen molar-refractivity contribution in [2.45, 2.75) is 19.2 Å². The minimum Gasteiger partial charge on any atom is -0.491 e. The highest BCUT2D eigenvalue weighted by atomic mass is 35.5. The SMILES string of the molecule is Cc1ccc(OCCNC(=O)C(Cl)c2ccccc2)c(C)c1. The number of halogens is 1. The number of benzene rings is 2. The van der Waals surface area contributed by atoms with Crippen LogP contribution in [0.4, 0.5) is 0 Å². The van der Waals surface area contributed by atoms with Gasteiger partial charge in [-0.25, -0.2) is 0 Å². The first-order chi connectivity index (χ1) is 10.6. The molecule has 0 spiro atoms. The molecule has 22 heavy (non-hydrogen) atoms. The molecule has 0 bridgehead atoms. The molecule has 0 aromatic heterocycles. The summed E-state index contributed by atoms with van der Waals surface area (Å²) in [6.07, 6.45) is 0. The molecule has 3 nitrogen and oxygen atoms in total. The van der Waals surface area contributed by atoms with Crippen molar-refractivity contribution in [3.05, 3.63) is 65.2 Å². The number of alkyl halides is 1. The van der Waals surface area contributed by atoms with Gasteiger partial charge in [0.15, 0.2) is 0 Å². The zero-order valence-electron chi connectivity index (χ0n) is 12.8. The van der Waals surface area contributed by atoms with Crippen molar-refractivity contribution in [2.75, 3.05) is 13.2 Å². The number of carbonyl (C=O) groups excluding carboxylic acids is 1. The number of ether oxygens (including phenoxy) is 1. The molecule has 2 aromatic carbocycles. The van der Waals surface area contributed by atoms with Crippen molar-refractivity contribution in [3.63, 3.8) is 0 Å². The van der Waals surface area contributed by atoms with E-state index in [0.29, 0.717) is 13.2 Å². The number of rotatable bonds is 6. The quantitative estimate of drug-likeness (QED) is 0.650. The molecule has 1 unspecified atom stereocenters. The van der Waals surface area contributed by atoms with Crippen molar-refractivity contribution in [1.29, 1.82) is 0 Å². The Kier molecular flexibility index (Phi) is 5.84. The summed E-state index contributed by atoms with van der Waals surface area (Å²) in [7, 11) is 0. The maximum Gasteiger partial charge on any atom is 0.242 e. The third-order valence-electron chi connectivity index (χ3n) is 3.31. The number of carbonyl (C=O) groups is 1. The predicted molar refractivity (Wildman–Crippen MR) is 89.5 cm³/mol. The van der Waals surface area contributed by atoms with Gasteiger partial charge in [0.05, 0.1) is 6.54 Å². The van der Waals surface area contributed by atoms with Gasteiger partial charge in [-0.1, -0.05) is 48.0 Å². The van der Waals surface area contributed by atoms with Crippen molar-refractivity contribution < 1.29 is 9.53 Å². The second-order valence-electron chi connectivity index (χ2n) is 5.18. The highest BCUT2D eigenvalue weighted by Gasteiger charge is 2.16. The van der Waals surface area contributed by atoms with E-state index in [9.17, 15) is 4.79 Å². The van der Waals surface area contributed by atoms with Crippen LogP contribution >= 0.6 is 11.6 Å². The molecule has 1 atom stereocenters. The molecule has 2 rings (SSSR count). The Morgan fingerprint density at radius 1 is 1.18 bits per heavy atom. The summed E-state index contributed by atoms with van der Waals surface area (Å²) in [5.41, 5.74) is 3.08. The molecular weight excluding hydrogens is 298 g/mol. The molecule has 0 aliphatic rings. The van der Waals surface area contributed by atoms with Crippen LogP contribution in [-0.2, 0) is 4.79 Å². The molecular formula is C18H20ClNO2. The van der Waals surface area contributed by atoms with E-state index in [-0.39, 0.29) is 5.91 Å². The number of amides is 1. The van der Waals surface area contributed by atoms with Gasteiger partial charge >= 0.3 is 0 Å². The largest absolute Gasteiger partial charge is 0.491 e. The molecule has 0 saturated heterocycles. The van der Waals surface area contributed by atoms with E-state index in [1.54, 1.807) is 0 Å². The summed E-state index contributed by atoms with van der Waals surface area (Å²) in [5.74, 6) is 0.627. The van der Waals surface area contributed by atoms with Crippen molar-refractivity contribution in [2.24, 2.45) is 0 Å². The zero-order valence-corrected chi connectivity index (χ0v) is 13.6. The topological polar surface area (TPSA) is 38.3 Å². The van der Waals surface area contributed by atoms with Crippen LogP contribution in [-0.4, -0.2) is 19.1 Å². The van der Waals surface area contributed by atoms with E-state index in [1.165, 1.54) is 5.56 Å². The minimum atomic E-state index is -0.678. The average molecular weight is 318 g/mol. The third kappa shape index (κ3) is 4.50. The molecule has 2 aromatic rings. The average Bonchev–Trinajstić information content (AvgIpc) is 2.53. The van der Waals surface area contributed by atoms with Gasteiger partial charge in [-0.2, -0.15) is 0 Å². The maximum absolute atomic E-state index is 12.0. The number of hydrogen-bond donors (Lipinski definition) is 1. The fraction of sp³-hybridized carbons (Fsp3) is 0.278. The summed E-state index contributed by atoms with van der Waals surface area (Å²) in [6, 6.07) is 15.3. The number of hydrogen-bond acceptors (Lipinski definition) is 2. The molecule has 1 N–H and O–H groups in total. The van der Waals surface area contributed by atoms with Gasteiger partial charge in [0.1, 0.15) is 17.7 Å². The third-order valence-corrected chi connectivity index (χ3v) is 3.76. The summed E-state index contributed by atoms with van der Waals surface area (Å²) in [6.45, 7) is 4.88. The van der Waals surface area contributed by atoms with Gasteiger partial charge in [0, 0.05) is 0 Å². The highest BCUT2D eigenvalue weighted by molar-refractivity contribution is 6.30. The molecule has 1 amide bonds. The van der Waals surface area contributed by atoms with Gasteiger partial charge in [0.2, 0.25) is 5.91 Å². The minimum absolute atomic E-state index is 0.211. The molecule has 0 heterocycles. The monoisotopic (exact) mass is 317 g/mol. The molecule has 116 valence electrons. The first-order valence-electron chi connectivity index (χ1n) is 7.24. The van der Waals surface area contributed by atoms with Crippen LogP contribution in [0.25, 0.3) is 0 Å². The Labute approximate surface area is 136 Å². The number of nitrogens with one attached hydrogen (secondary N) is 1. The molecule has 0 saturated carbocycles. The lowest BCUT2D eigenvalue weighted by atomic mass is 10.1. The molecule has 0 aliphatic carbocycles. The van der Waals surface area contributed by atoms with E-state index >= 15 is 0 Å². The van der Waals surface area contributed by atoms with Crippen molar-refractivity contribution in [3.8, 4) is 5.75 Å². The van der Waals surface area contributed by atoms with Gasteiger partial charge in [-0.15, -0.1) is 11.6 Å². The second-order valence-corrected chi connectivity index (χ2v) is 5.62. The summed E-state index contributed by atoms with van der Waals surface area (Å²) in [5, 5.41) is 2.11. The van der Waals surface area contributed by atoms with Crippen LogP contribution in [0.3, 0.4) is 0 Å². The van der Waals surface area contributed by atoms with Gasteiger partial charge in [-0.05, 0) is 31.0 Å². The summed E-state index contributed by atoms with van der Waals surface area (Å²) < 4.78 is 5.67. The Hall–Kier alpha value is -2.00. The van der Waals surface area contributed by atoms with Crippen LogP contribution in [0.1, 0.15) is 22.1 Å². The normalized spacial score (nSPS) is 11.8. The van der Waals surface area contributed by atoms with E-state index < -0.39 is 5.38 Å². The summed E-state index contributed by atoms with van der Waals surface area (Å²) in [4.78, 5) is 12.0. The number of aryl methyl sites for hydroxylation is 2. The molecule has 0 aliphatic heterocycles. The van der Waals surface area contributed by atoms with Crippen LogP contribution in [0, 0.1) is 13.8 Å². The Bertz CT molecular complexity index is 628. The Balaban J connectivity index is 1.77. The van der Waals surface area contributed by atoms with Crippen LogP contribution in [0.5, 0.6) is 5.75 Å². The zero-order chi connectivity index (χ0) is 15.9. The Morgan fingerprint density at radius 2 is 1.91 bits per heavy atom. The standard InChI is InChI=1S/C18H20ClNO2/c1-13-8-9-16(14(2)12-13)22-11-10-20-18(21)17(19)15-6-4-3-5-7-15/h3-9,12,17H,10-11H2,1-2H3,(H,20,21). The highest BCUT2D eigenvalue weighted by Crippen LogP contribution is 2.20. The van der Waals surface area contributed by atoms with E-state index in [1.807, 2.05) is 56.3 Å². The lowest BCUT2D eigenvalue weighted by Gasteiger charge is -2.12. The fourth-order valence-corrected chi connectivity index (χ4v) is 2.38. The van der Waals surface area contributed by atoms with E-state index in [2.05, 4.69) is 11.4 Å². The van der Waals surface area contributed by atoms with Crippen molar-refractivity contribution >= 4 is 17.5 Å². The van der Waals surface area contributed by atoms with E-state index in [0.717, 1.165) is 16.9 Å². The molecule has 4 heteroatoms. The van der Waals surface area contributed by atoms with Gasteiger partial charge in [0.25, 0.3) is 0 Å². The van der Waals surface area contributed by atoms with Crippen LogP contribution in [0.2, 0.25) is 0 Å². The summed E-state index contributed by atoms with van der Waals surface area (Å²) >= 11 is 6.14. The first-order valence-corrected chi connectivity index (χ1v) is 7.68. The second kappa shape index (κ2) is 7.85. The fourth-order valence-electron chi connectivity index (χ4n) is 2.16. The maximum atomic E-state index is 12.0. The van der Waals surface area contributed by atoms with E-state index in [4.69, 9.17) is 16.3 Å². The van der Waals surface area contributed by atoms with Crippen molar-refractivity contribution in [1.82, 2.24) is 5.32 Å². The predicted octanol–water partition coefficient (Wildman–Crippen LogP) is 3.78. The van der Waals surface area contributed by atoms with Crippen LogP contribution < -0.4 is 10.1 Å². The first kappa shape index (κ1) is 16.4. The molecule has 0 radical (unpaired) electrons. The molecule has 0 fully saturated rings. The van der Waals surface area contributed by atoms with Crippen LogP contribution in [0.15, 0.2) is 48.5 Å². The Morgan fingerprint density at radius 3 is 2.59 bits per heavy atom. The smallest absolute Gasteiger partial charge is 0.242 e.